The third kappa shape index (κ3) is 5.50. The van der Waals surface area contributed by atoms with Crippen LogP contribution in [0.15, 0.2) is 36.0 Å². The Bertz CT molecular complexity index is 944. The molecule has 4 nitrogen and oxygen atoms in total. The Morgan fingerprint density at radius 1 is 1.05 bits per heavy atom. The van der Waals surface area contributed by atoms with Crippen LogP contribution in [0.5, 0.6) is 0 Å². The van der Waals surface area contributed by atoms with Crippen molar-refractivity contribution in [2.45, 2.75) is 105 Å². The molecule has 0 amide bonds. The lowest BCUT2D eigenvalue weighted by molar-refractivity contribution is -0.297. The summed E-state index contributed by atoms with van der Waals surface area (Å²) >= 11 is 0. The van der Waals surface area contributed by atoms with Crippen molar-refractivity contribution >= 4 is 11.9 Å². The Morgan fingerprint density at radius 2 is 1.81 bits per heavy atom. The van der Waals surface area contributed by atoms with E-state index in [9.17, 15) is 14.7 Å². The van der Waals surface area contributed by atoms with Crippen LogP contribution in [0.3, 0.4) is 0 Å². The summed E-state index contributed by atoms with van der Waals surface area (Å²) in [5.41, 5.74) is 2.10. The molecule has 37 heavy (non-hydrogen) atoms. The maximum atomic E-state index is 12.0. The molecule has 0 radical (unpaired) electrons. The lowest BCUT2D eigenvalue weighted by Crippen LogP contribution is -2.51. The number of esters is 1. The van der Waals surface area contributed by atoms with Gasteiger partial charge in [0.2, 0.25) is 0 Å². The van der Waals surface area contributed by atoms with E-state index in [1.54, 1.807) is 0 Å². The molecule has 0 bridgehead atoms. The molecule has 4 aliphatic carbocycles. The highest BCUT2D eigenvalue weighted by molar-refractivity contribution is 5.90. The summed E-state index contributed by atoms with van der Waals surface area (Å²) < 4.78 is 5.60. The number of hydrogen-bond donors (Lipinski definition) is 0. The zero-order chi connectivity index (χ0) is 27.0. The molecule has 0 aromatic heterocycles. The summed E-state index contributed by atoms with van der Waals surface area (Å²) in [6.07, 6.45) is 19.5. The maximum absolute atomic E-state index is 12.0. The van der Waals surface area contributed by atoms with Crippen LogP contribution in [0.25, 0.3) is 0 Å². The fraction of sp³-hybridized carbons (Fsp3) is 0.758. The minimum absolute atomic E-state index is 0.162. The second-order valence-electron chi connectivity index (χ2n) is 13.5. The van der Waals surface area contributed by atoms with Crippen molar-refractivity contribution in [3.8, 4) is 0 Å². The van der Waals surface area contributed by atoms with Gasteiger partial charge in [0.15, 0.2) is 0 Å². The summed E-state index contributed by atoms with van der Waals surface area (Å²) in [5, 5.41) is 10.6. The Kier molecular flexibility index (Phi) is 8.46. The lowest BCUT2D eigenvalue weighted by atomic mass is 9.47. The van der Waals surface area contributed by atoms with Crippen LogP contribution in [0.4, 0.5) is 0 Å². The van der Waals surface area contributed by atoms with Crippen LogP contribution in [-0.4, -0.2) is 18.0 Å². The number of aliphatic carboxylic acids is 1. The third-order valence-corrected chi connectivity index (χ3v) is 11.4. The average Bonchev–Trinajstić information content (AvgIpc) is 3.20. The van der Waals surface area contributed by atoms with Gasteiger partial charge in [0.05, 0.1) is 5.97 Å². The van der Waals surface area contributed by atoms with Gasteiger partial charge in [0, 0.05) is 12.5 Å². The summed E-state index contributed by atoms with van der Waals surface area (Å²) in [7, 11) is 0. The van der Waals surface area contributed by atoms with E-state index in [4.69, 9.17) is 4.74 Å². The van der Waals surface area contributed by atoms with Gasteiger partial charge < -0.3 is 14.6 Å². The van der Waals surface area contributed by atoms with Crippen molar-refractivity contribution in [1.29, 1.82) is 0 Å². The fourth-order valence-corrected chi connectivity index (χ4v) is 9.25. The van der Waals surface area contributed by atoms with Crippen LogP contribution in [0, 0.1) is 52.3 Å². The van der Waals surface area contributed by atoms with Gasteiger partial charge in [0.25, 0.3) is 0 Å². The highest BCUT2D eigenvalue weighted by atomic mass is 16.5. The molecular formula is C33H49O4-. The van der Waals surface area contributed by atoms with Gasteiger partial charge in [-0.2, -0.15) is 0 Å². The first-order chi connectivity index (χ1) is 17.5. The van der Waals surface area contributed by atoms with Gasteiger partial charge in [-0.25, -0.2) is 4.79 Å². The number of carboxylic acids is 1. The van der Waals surface area contributed by atoms with Crippen molar-refractivity contribution in [3.63, 3.8) is 0 Å². The number of hydrogen-bond acceptors (Lipinski definition) is 4. The number of fused-ring (bicyclic) bond motifs is 5. The van der Waals surface area contributed by atoms with E-state index in [2.05, 4.69) is 59.8 Å². The molecule has 0 unspecified atom stereocenters. The standard InChI is InChI=1S/C33H50O4/c1-7-23(21(2)3)9-8-22(4)27-12-13-28-26-11-10-24-20-25(37-31(36)15-14-30(34)35)16-18-32(24,5)29(26)17-19-33(27,28)6/h8-10,14-15,21-23,25-29H,7,11-13,16-20H2,1-6H3,(H,34,35)/p-1/b9-8+,15-14-/t22-,23-,25+,26+,27-,28+,29+,32+,33-/m1/s1. The molecule has 4 aliphatic rings. The molecule has 0 heterocycles. The van der Waals surface area contributed by atoms with E-state index in [0.717, 1.165) is 61.5 Å². The van der Waals surface area contributed by atoms with Crippen molar-refractivity contribution in [2.24, 2.45) is 52.3 Å². The molecule has 206 valence electrons. The monoisotopic (exact) mass is 509 g/mol. The molecule has 3 saturated carbocycles. The van der Waals surface area contributed by atoms with Crippen LogP contribution >= 0.6 is 0 Å². The Balaban J connectivity index is 1.45. The molecule has 3 fully saturated rings. The van der Waals surface area contributed by atoms with E-state index in [1.807, 2.05) is 0 Å². The topological polar surface area (TPSA) is 66.4 Å². The number of carbonyl (C=O) groups excluding carboxylic acids is 2. The first-order valence-electron chi connectivity index (χ1n) is 15.0. The van der Waals surface area contributed by atoms with E-state index in [-0.39, 0.29) is 11.5 Å². The number of rotatable bonds is 8. The minimum Gasteiger partial charge on any atom is -0.545 e. The fourth-order valence-electron chi connectivity index (χ4n) is 9.25. The number of ether oxygens (including phenoxy) is 1. The lowest BCUT2D eigenvalue weighted by Gasteiger charge is -2.58. The first kappa shape index (κ1) is 28.2. The van der Waals surface area contributed by atoms with Crippen molar-refractivity contribution < 1.29 is 19.4 Å². The van der Waals surface area contributed by atoms with Crippen LogP contribution in [0.1, 0.15) is 99.3 Å². The van der Waals surface area contributed by atoms with Crippen LogP contribution < -0.4 is 5.11 Å². The van der Waals surface area contributed by atoms with Gasteiger partial charge in [-0.1, -0.05) is 65.3 Å². The number of carbonyl (C=O) groups is 2. The molecule has 0 spiro atoms. The third-order valence-electron chi connectivity index (χ3n) is 11.4. The molecule has 0 aromatic rings. The van der Waals surface area contributed by atoms with Gasteiger partial charge in [-0.15, -0.1) is 0 Å². The second kappa shape index (κ2) is 11.1. The van der Waals surface area contributed by atoms with Gasteiger partial charge >= 0.3 is 5.97 Å². The van der Waals surface area contributed by atoms with E-state index >= 15 is 0 Å². The van der Waals surface area contributed by atoms with Crippen molar-refractivity contribution in [1.82, 2.24) is 0 Å². The zero-order valence-electron chi connectivity index (χ0n) is 24.0. The molecule has 0 N–H and O–H groups in total. The molecule has 0 saturated heterocycles. The molecule has 4 heteroatoms. The van der Waals surface area contributed by atoms with Gasteiger partial charge in [-0.05, 0) is 110 Å². The first-order valence-corrected chi connectivity index (χ1v) is 15.0. The van der Waals surface area contributed by atoms with Crippen LogP contribution in [-0.2, 0) is 14.3 Å². The average molecular weight is 510 g/mol. The Morgan fingerprint density at radius 3 is 2.49 bits per heavy atom. The molecule has 4 rings (SSSR count). The molecule has 0 aliphatic heterocycles. The van der Waals surface area contributed by atoms with Crippen molar-refractivity contribution in [2.75, 3.05) is 0 Å². The predicted molar refractivity (Wildman–Crippen MR) is 146 cm³/mol. The van der Waals surface area contributed by atoms with E-state index < -0.39 is 11.9 Å². The minimum atomic E-state index is -1.38. The summed E-state index contributed by atoms with van der Waals surface area (Å²) in [4.78, 5) is 22.6. The normalized spacial score (nSPS) is 39.1. The summed E-state index contributed by atoms with van der Waals surface area (Å²) in [6.45, 7) is 14.6. The molecule has 0 aromatic carbocycles. The summed E-state index contributed by atoms with van der Waals surface area (Å²) in [6, 6.07) is 0. The van der Waals surface area contributed by atoms with Gasteiger partial charge in [-0.3, -0.25) is 0 Å². The van der Waals surface area contributed by atoms with E-state index in [1.165, 1.54) is 37.7 Å². The maximum Gasteiger partial charge on any atom is 0.331 e. The Labute approximate surface area is 225 Å². The predicted octanol–water partition coefficient (Wildman–Crippen LogP) is 6.66. The zero-order valence-corrected chi connectivity index (χ0v) is 24.0. The number of allylic oxidation sites excluding steroid dienone is 3. The second-order valence-corrected chi connectivity index (χ2v) is 13.5. The quantitative estimate of drug-likeness (QED) is 0.208. The molecular weight excluding hydrogens is 460 g/mol. The van der Waals surface area contributed by atoms with Crippen LogP contribution in [0.2, 0.25) is 0 Å². The smallest absolute Gasteiger partial charge is 0.331 e. The summed E-state index contributed by atoms with van der Waals surface area (Å²) in [5.74, 6) is 3.13. The van der Waals surface area contributed by atoms with E-state index in [0.29, 0.717) is 23.2 Å². The highest BCUT2D eigenvalue weighted by Crippen LogP contribution is 2.67. The SMILES string of the molecule is CC[C@H](/C=C/[C@@H](C)[C@H]1CC[C@H]2[C@@H]3CC=C4C[C@@H](OC(=O)/C=C\C(=O)[O-])CC[C@]4(C)[C@H]3CC[C@]12C)C(C)C. The largest absolute Gasteiger partial charge is 0.545 e. The van der Waals surface area contributed by atoms with Crippen molar-refractivity contribution in [3.05, 3.63) is 36.0 Å². The van der Waals surface area contributed by atoms with Gasteiger partial charge in [0.1, 0.15) is 6.10 Å². The number of carboxylic acid groups (broad SMARTS) is 1. The highest BCUT2D eigenvalue weighted by Gasteiger charge is 2.59. The Hall–Kier alpha value is -1.84. The molecule has 9 atom stereocenters.